The van der Waals surface area contributed by atoms with E-state index >= 15 is 0 Å². The third kappa shape index (κ3) is 6.44. The molecule has 4 N–H and O–H groups in total. The molecule has 0 spiro atoms. The number of benzene rings is 2. The van der Waals surface area contributed by atoms with E-state index in [4.69, 9.17) is 22.1 Å². The third-order valence-corrected chi connectivity index (χ3v) is 5.94. The first kappa shape index (κ1) is 26.3. The van der Waals surface area contributed by atoms with Crippen LogP contribution in [0.15, 0.2) is 49.2 Å². The zero-order valence-corrected chi connectivity index (χ0v) is 21.4. The van der Waals surface area contributed by atoms with Crippen LogP contribution in [0.3, 0.4) is 0 Å². The van der Waals surface area contributed by atoms with E-state index < -0.39 is 0 Å². The summed E-state index contributed by atoms with van der Waals surface area (Å²) in [7, 11) is 1.95. The summed E-state index contributed by atoms with van der Waals surface area (Å²) in [4.78, 5) is 17.6. The largest absolute Gasteiger partial charge is 0.489 e. The summed E-state index contributed by atoms with van der Waals surface area (Å²) in [5.41, 5.74) is 10.4. The standard InChI is InChI=1S/C27H33ClN4O3/c1-16(2)26-31-22(15-32(26)5)19-8-6-18(7-9-19)14-20(12-13-33)30-27(34)21-10-11-23(35-17(3)4)24(28)25(21)29/h6-11,15,17,20,33H,1,12-14,29H2,2-5H3,(H,30,34)/t20-/m1/s1. The molecule has 3 rings (SSSR count). The molecule has 2 aromatic carbocycles. The first-order chi connectivity index (χ1) is 16.6. The molecule has 0 aliphatic heterocycles. The van der Waals surface area contributed by atoms with Gasteiger partial charge in [0.15, 0.2) is 0 Å². The van der Waals surface area contributed by atoms with Crippen molar-refractivity contribution in [2.75, 3.05) is 12.3 Å². The van der Waals surface area contributed by atoms with Crippen molar-refractivity contribution in [1.82, 2.24) is 14.9 Å². The number of allylic oxidation sites excluding steroid dienone is 1. The highest BCUT2D eigenvalue weighted by Crippen LogP contribution is 2.33. The Kier molecular flexibility index (Phi) is 8.59. The second-order valence-electron chi connectivity index (χ2n) is 8.93. The fourth-order valence-electron chi connectivity index (χ4n) is 3.86. The van der Waals surface area contributed by atoms with Gasteiger partial charge in [-0.25, -0.2) is 4.98 Å². The first-order valence-electron chi connectivity index (χ1n) is 11.6. The van der Waals surface area contributed by atoms with Crippen LogP contribution in [0.4, 0.5) is 5.69 Å². The SMILES string of the molecule is C=C(C)c1nc(-c2ccc(C[C@@H](CCO)NC(=O)c3ccc(OC(C)C)c(Cl)c3N)cc2)cn1C. The van der Waals surface area contributed by atoms with Crippen LogP contribution in [0.25, 0.3) is 16.8 Å². The second kappa shape index (κ2) is 11.4. The summed E-state index contributed by atoms with van der Waals surface area (Å²) in [6.45, 7) is 9.61. The lowest BCUT2D eigenvalue weighted by atomic mass is 10.0. The Morgan fingerprint density at radius 1 is 1.26 bits per heavy atom. The van der Waals surface area contributed by atoms with Crippen molar-refractivity contribution in [1.29, 1.82) is 0 Å². The molecule has 1 amide bonds. The zero-order valence-electron chi connectivity index (χ0n) is 20.6. The normalized spacial score (nSPS) is 12.0. The summed E-state index contributed by atoms with van der Waals surface area (Å²) >= 11 is 6.33. The lowest BCUT2D eigenvalue weighted by molar-refractivity contribution is 0.0931. The molecule has 1 heterocycles. The van der Waals surface area contributed by atoms with Crippen LogP contribution >= 0.6 is 11.6 Å². The van der Waals surface area contributed by atoms with Crippen molar-refractivity contribution in [3.05, 3.63) is 71.1 Å². The van der Waals surface area contributed by atoms with Gasteiger partial charge in [0.25, 0.3) is 5.91 Å². The number of rotatable bonds is 10. The summed E-state index contributed by atoms with van der Waals surface area (Å²) < 4.78 is 7.59. The first-order valence-corrected chi connectivity index (χ1v) is 11.9. The molecule has 35 heavy (non-hydrogen) atoms. The third-order valence-electron chi connectivity index (χ3n) is 5.55. The maximum atomic E-state index is 13.0. The Balaban J connectivity index is 1.73. The van der Waals surface area contributed by atoms with E-state index in [0.717, 1.165) is 28.2 Å². The number of nitrogens with one attached hydrogen (secondary N) is 1. The van der Waals surface area contributed by atoms with Gasteiger partial charge in [0, 0.05) is 31.5 Å². The number of ether oxygens (including phenoxy) is 1. The van der Waals surface area contributed by atoms with Crippen LogP contribution in [-0.4, -0.2) is 39.3 Å². The van der Waals surface area contributed by atoms with Gasteiger partial charge >= 0.3 is 0 Å². The van der Waals surface area contributed by atoms with Crippen LogP contribution < -0.4 is 15.8 Å². The Bertz CT molecular complexity index is 1200. The van der Waals surface area contributed by atoms with Crippen molar-refractivity contribution in [2.45, 2.75) is 45.8 Å². The Labute approximate surface area is 211 Å². The van der Waals surface area contributed by atoms with Gasteiger partial charge in [0.05, 0.1) is 23.0 Å². The lowest BCUT2D eigenvalue weighted by Gasteiger charge is -2.20. The molecule has 1 atom stereocenters. The number of nitrogens with zero attached hydrogens (tertiary/aromatic N) is 2. The molecule has 8 heteroatoms. The van der Waals surface area contributed by atoms with Crippen molar-refractivity contribution < 1.29 is 14.6 Å². The Morgan fingerprint density at radius 3 is 2.51 bits per heavy atom. The Hall–Kier alpha value is -3.29. The molecular weight excluding hydrogens is 464 g/mol. The topological polar surface area (TPSA) is 102 Å². The van der Waals surface area contributed by atoms with Gasteiger partial charge in [-0.15, -0.1) is 0 Å². The number of nitrogen functional groups attached to an aromatic ring is 1. The molecule has 0 bridgehead atoms. The number of carbonyl (C=O) groups excluding carboxylic acids is 1. The average Bonchev–Trinajstić information content (AvgIpc) is 3.19. The Morgan fingerprint density at radius 2 is 1.94 bits per heavy atom. The summed E-state index contributed by atoms with van der Waals surface area (Å²) in [5.74, 6) is 0.931. The molecule has 7 nitrogen and oxygen atoms in total. The number of aliphatic hydroxyl groups excluding tert-OH is 1. The number of aliphatic hydroxyl groups is 1. The maximum absolute atomic E-state index is 13.0. The van der Waals surface area contributed by atoms with Crippen LogP contribution in [0.1, 0.15) is 48.9 Å². The van der Waals surface area contributed by atoms with E-state index in [1.807, 2.05) is 62.8 Å². The predicted molar refractivity (Wildman–Crippen MR) is 142 cm³/mol. The number of halogens is 1. The van der Waals surface area contributed by atoms with Crippen molar-refractivity contribution in [2.24, 2.45) is 7.05 Å². The quantitative estimate of drug-likeness (QED) is 0.348. The molecule has 0 unspecified atom stereocenters. The molecule has 0 aliphatic rings. The smallest absolute Gasteiger partial charge is 0.253 e. The molecule has 0 saturated carbocycles. The minimum atomic E-state index is -0.351. The van der Waals surface area contributed by atoms with Crippen molar-refractivity contribution in [3.8, 4) is 17.0 Å². The lowest BCUT2D eigenvalue weighted by Crippen LogP contribution is -2.37. The average molecular weight is 497 g/mol. The van der Waals surface area contributed by atoms with Crippen LogP contribution in [-0.2, 0) is 13.5 Å². The van der Waals surface area contributed by atoms with Crippen molar-refractivity contribution in [3.63, 3.8) is 0 Å². The van der Waals surface area contributed by atoms with Crippen molar-refractivity contribution >= 4 is 28.8 Å². The highest BCUT2D eigenvalue weighted by molar-refractivity contribution is 6.35. The minimum Gasteiger partial charge on any atom is -0.489 e. The highest BCUT2D eigenvalue weighted by atomic mass is 35.5. The summed E-state index contributed by atoms with van der Waals surface area (Å²) in [5, 5.41) is 12.7. The number of aromatic nitrogens is 2. The number of nitrogens with two attached hydrogens (primary N) is 1. The van der Waals surface area contributed by atoms with E-state index in [9.17, 15) is 9.90 Å². The van der Waals surface area contributed by atoms with E-state index in [1.165, 1.54) is 0 Å². The number of anilines is 1. The number of carbonyl (C=O) groups is 1. The molecule has 0 radical (unpaired) electrons. The van der Waals surface area contributed by atoms with Gasteiger partial charge in [-0.3, -0.25) is 4.79 Å². The number of hydrogen-bond donors (Lipinski definition) is 3. The molecule has 3 aromatic rings. The second-order valence-corrected chi connectivity index (χ2v) is 9.31. The van der Waals surface area contributed by atoms with Gasteiger partial charge in [-0.2, -0.15) is 0 Å². The number of aryl methyl sites for hydroxylation is 1. The summed E-state index contributed by atoms with van der Waals surface area (Å²) in [6, 6.07) is 11.0. The van der Waals surface area contributed by atoms with E-state index in [0.29, 0.717) is 18.6 Å². The zero-order chi connectivity index (χ0) is 25.7. The monoisotopic (exact) mass is 496 g/mol. The summed E-state index contributed by atoms with van der Waals surface area (Å²) in [6.07, 6.45) is 2.85. The maximum Gasteiger partial charge on any atom is 0.253 e. The van der Waals surface area contributed by atoms with Gasteiger partial charge in [-0.1, -0.05) is 42.4 Å². The van der Waals surface area contributed by atoms with E-state index in [-0.39, 0.29) is 40.9 Å². The minimum absolute atomic E-state index is 0.0575. The van der Waals surface area contributed by atoms with Gasteiger partial charge in [0.2, 0.25) is 0 Å². The van der Waals surface area contributed by atoms with E-state index in [1.54, 1.807) is 12.1 Å². The van der Waals surface area contributed by atoms with Gasteiger partial charge in [-0.05, 0) is 56.9 Å². The highest BCUT2D eigenvalue weighted by Gasteiger charge is 2.20. The van der Waals surface area contributed by atoms with Gasteiger partial charge < -0.3 is 25.5 Å². The molecular formula is C27H33ClN4O3. The van der Waals surface area contributed by atoms with E-state index in [2.05, 4.69) is 16.9 Å². The number of imidazole rings is 1. The molecule has 1 aromatic heterocycles. The molecule has 186 valence electrons. The fourth-order valence-corrected chi connectivity index (χ4v) is 4.07. The van der Waals surface area contributed by atoms with Crippen LogP contribution in [0.2, 0.25) is 5.02 Å². The van der Waals surface area contributed by atoms with Crippen LogP contribution in [0, 0.1) is 0 Å². The fraction of sp³-hybridized carbons (Fsp3) is 0.333. The number of amides is 1. The predicted octanol–water partition coefficient (Wildman–Crippen LogP) is 4.87. The van der Waals surface area contributed by atoms with Gasteiger partial charge in [0.1, 0.15) is 16.6 Å². The molecule has 0 fully saturated rings. The number of hydrogen-bond acceptors (Lipinski definition) is 5. The molecule has 0 aliphatic carbocycles. The molecule has 0 saturated heterocycles. The van der Waals surface area contributed by atoms with Crippen LogP contribution in [0.5, 0.6) is 5.75 Å².